The van der Waals surface area contributed by atoms with Crippen molar-refractivity contribution in [2.24, 2.45) is 4.99 Å². The number of nitrogens with one attached hydrogen (secondary N) is 2. The summed E-state index contributed by atoms with van der Waals surface area (Å²) in [7, 11) is 0. The number of nitrogens with zero attached hydrogens (tertiary/aromatic N) is 2. The Bertz CT molecular complexity index is 3020. The van der Waals surface area contributed by atoms with Crippen LogP contribution in [-0.2, 0) is 0 Å². The Morgan fingerprint density at radius 1 is 0.464 bits per heavy atom. The van der Waals surface area contributed by atoms with Gasteiger partial charge in [0.05, 0.1) is 11.0 Å². The van der Waals surface area contributed by atoms with Crippen LogP contribution in [0.2, 0.25) is 0 Å². The molecule has 10 aromatic rings. The molecule has 2 unspecified atom stereocenters. The number of benzene rings is 8. The molecule has 3 heterocycles. The van der Waals surface area contributed by atoms with Gasteiger partial charge in [-0.15, -0.1) is 0 Å². The van der Waals surface area contributed by atoms with Crippen LogP contribution in [0.15, 0.2) is 204 Å². The Kier molecular flexibility index (Phi) is 7.64. The van der Waals surface area contributed by atoms with Gasteiger partial charge in [0.25, 0.3) is 0 Å². The standard InChI is InChI=1S/C51H36N4O/c1-5-16-33(17-6-1)37-28-38(34-18-7-2-8-19-34)30-39(29-37)55-44-26-14-13-24-40(44)42-32-47-43(31-45(42)55)48-41(25-15-27-46(48)56-47)51-53-49(35-20-9-3-10-21-35)52-50(54-51)36-22-11-4-12-23-36/h1-32,49,51,53H,(H,52,54). The summed E-state index contributed by atoms with van der Waals surface area (Å²) in [6.45, 7) is 0. The van der Waals surface area contributed by atoms with E-state index in [0.29, 0.717) is 0 Å². The number of furan rings is 1. The molecule has 8 aromatic carbocycles. The molecule has 0 saturated carbocycles. The van der Waals surface area contributed by atoms with Crippen molar-refractivity contribution in [3.8, 4) is 27.9 Å². The van der Waals surface area contributed by atoms with E-state index < -0.39 is 0 Å². The second kappa shape index (κ2) is 13.3. The van der Waals surface area contributed by atoms with Crippen molar-refractivity contribution in [1.82, 2.24) is 15.2 Å². The smallest absolute Gasteiger partial charge is 0.136 e. The molecule has 2 atom stereocenters. The van der Waals surface area contributed by atoms with Crippen LogP contribution in [0.4, 0.5) is 0 Å². The fourth-order valence-corrected chi connectivity index (χ4v) is 8.43. The van der Waals surface area contributed by atoms with Crippen LogP contribution in [0.3, 0.4) is 0 Å². The molecule has 0 bridgehead atoms. The molecule has 0 spiro atoms. The third kappa shape index (κ3) is 5.48. The van der Waals surface area contributed by atoms with Crippen molar-refractivity contribution in [3.05, 3.63) is 211 Å². The second-order valence-electron chi connectivity index (χ2n) is 14.4. The second-order valence-corrected chi connectivity index (χ2v) is 14.4. The maximum absolute atomic E-state index is 6.73. The number of rotatable bonds is 6. The number of fused-ring (bicyclic) bond motifs is 6. The zero-order chi connectivity index (χ0) is 37.0. The van der Waals surface area contributed by atoms with Crippen LogP contribution in [0, 0.1) is 0 Å². The number of hydrogen-bond donors (Lipinski definition) is 2. The van der Waals surface area contributed by atoms with Crippen LogP contribution in [0.25, 0.3) is 71.7 Å². The minimum absolute atomic E-state index is 0.146. The Balaban J connectivity index is 1.15. The molecule has 2 aromatic heterocycles. The molecule has 1 aliphatic rings. The van der Waals surface area contributed by atoms with Gasteiger partial charge in [0.2, 0.25) is 0 Å². The number of hydrogen-bond acceptors (Lipinski definition) is 4. The summed E-state index contributed by atoms with van der Waals surface area (Å²) < 4.78 is 9.15. The van der Waals surface area contributed by atoms with Crippen molar-refractivity contribution >= 4 is 49.6 Å². The largest absolute Gasteiger partial charge is 0.456 e. The molecule has 0 saturated heterocycles. The lowest BCUT2D eigenvalue weighted by molar-refractivity contribution is 0.410. The minimum atomic E-state index is -0.335. The topological polar surface area (TPSA) is 54.5 Å². The van der Waals surface area contributed by atoms with Gasteiger partial charge in [-0.25, -0.2) is 4.99 Å². The predicted molar refractivity (Wildman–Crippen MR) is 230 cm³/mol. The molecule has 0 amide bonds. The fraction of sp³-hybridized carbons (Fsp3) is 0.0392. The summed E-state index contributed by atoms with van der Waals surface area (Å²) in [5.41, 5.74) is 13.0. The van der Waals surface area contributed by atoms with E-state index in [2.05, 4.69) is 203 Å². The van der Waals surface area contributed by atoms with Crippen molar-refractivity contribution in [1.29, 1.82) is 0 Å². The SMILES string of the molecule is c1ccc(C2=NC(c3cccc4oc5cc6c7ccccc7n(-c7cc(-c8ccccc8)cc(-c8ccccc8)c7)c6cc5c34)NC(c3ccccc3)N2)cc1. The third-order valence-electron chi connectivity index (χ3n) is 11.1. The maximum atomic E-state index is 6.73. The molecule has 0 fully saturated rings. The molecule has 0 aliphatic carbocycles. The monoisotopic (exact) mass is 720 g/mol. The Labute approximate surface area is 324 Å². The van der Waals surface area contributed by atoms with E-state index in [1.54, 1.807) is 0 Å². The van der Waals surface area contributed by atoms with Crippen LogP contribution in [0.1, 0.15) is 29.0 Å². The molecular weight excluding hydrogens is 685 g/mol. The molecule has 56 heavy (non-hydrogen) atoms. The molecule has 5 heteroatoms. The van der Waals surface area contributed by atoms with Crippen LogP contribution in [-0.4, -0.2) is 10.4 Å². The lowest BCUT2D eigenvalue weighted by Crippen LogP contribution is -2.44. The number of aromatic nitrogens is 1. The number of amidine groups is 1. The van der Waals surface area contributed by atoms with Gasteiger partial charge in [0.1, 0.15) is 29.3 Å². The van der Waals surface area contributed by atoms with E-state index in [0.717, 1.165) is 66.6 Å². The highest BCUT2D eigenvalue weighted by Gasteiger charge is 2.28. The fourth-order valence-electron chi connectivity index (χ4n) is 8.43. The van der Waals surface area contributed by atoms with E-state index in [4.69, 9.17) is 9.41 Å². The summed E-state index contributed by atoms with van der Waals surface area (Å²) in [5, 5.41) is 11.9. The lowest BCUT2D eigenvalue weighted by atomic mass is 9.98. The van der Waals surface area contributed by atoms with Crippen LogP contribution >= 0.6 is 0 Å². The molecule has 5 nitrogen and oxygen atoms in total. The van der Waals surface area contributed by atoms with E-state index in [-0.39, 0.29) is 12.3 Å². The highest BCUT2D eigenvalue weighted by molar-refractivity contribution is 6.18. The van der Waals surface area contributed by atoms with Crippen molar-refractivity contribution < 1.29 is 4.42 Å². The summed E-state index contributed by atoms with van der Waals surface area (Å²) in [5.74, 6) is 0.850. The van der Waals surface area contributed by atoms with Crippen molar-refractivity contribution in [3.63, 3.8) is 0 Å². The average Bonchev–Trinajstić information content (AvgIpc) is 3.81. The van der Waals surface area contributed by atoms with Crippen molar-refractivity contribution in [2.45, 2.75) is 12.3 Å². The molecular formula is C51H36N4O. The van der Waals surface area contributed by atoms with E-state index in [1.807, 2.05) is 6.07 Å². The zero-order valence-electron chi connectivity index (χ0n) is 30.4. The number of aliphatic imine (C=N–C) groups is 1. The molecule has 266 valence electrons. The van der Waals surface area contributed by atoms with Gasteiger partial charge in [-0.05, 0) is 70.3 Å². The van der Waals surface area contributed by atoms with Gasteiger partial charge in [-0.2, -0.15) is 0 Å². The first-order valence-electron chi connectivity index (χ1n) is 19.1. The van der Waals surface area contributed by atoms with Gasteiger partial charge < -0.3 is 14.3 Å². The first-order valence-corrected chi connectivity index (χ1v) is 19.1. The summed E-state index contributed by atoms with van der Waals surface area (Å²) in [6, 6.07) is 68.7. The first-order chi connectivity index (χ1) is 27.7. The molecule has 1 aliphatic heterocycles. The average molecular weight is 721 g/mol. The van der Waals surface area contributed by atoms with Gasteiger partial charge in [0, 0.05) is 38.4 Å². The Hall–Kier alpha value is -7.21. The summed E-state index contributed by atoms with van der Waals surface area (Å²) >= 11 is 0. The Morgan fingerprint density at radius 3 is 1.79 bits per heavy atom. The zero-order valence-corrected chi connectivity index (χ0v) is 30.4. The first kappa shape index (κ1) is 32.2. The quantitative estimate of drug-likeness (QED) is 0.180. The van der Waals surface area contributed by atoms with Crippen LogP contribution < -0.4 is 10.6 Å². The highest BCUT2D eigenvalue weighted by Crippen LogP contribution is 2.42. The van der Waals surface area contributed by atoms with Gasteiger partial charge >= 0.3 is 0 Å². The van der Waals surface area contributed by atoms with E-state index >= 15 is 0 Å². The van der Waals surface area contributed by atoms with Gasteiger partial charge in [0.15, 0.2) is 0 Å². The number of para-hydroxylation sites is 1. The van der Waals surface area contributed by atoms with E-state index in [1.165, 1.54) is 27.6 Å². The molecule has 2 N–H and O–H groups in total. The lowest BCUT2D eigenvalue weighted by Gasteiger charge is -2.32. The summed E-state index contributed by atoms with van der Waals surface area (Å²) in [6.07, 6.45) is -0.481. The third-order valence-corrected chi connectivity index (χ3v) is 11.1. The van der Waals surface area contributed by atoms with Gasteiger partial charge in [-0.3, -0.25) is 5.32 Å². The molecule has 0 radical (unpaired) electrons. The normalized spacial score (nSPS) is 15.7. The Morgan fingerprint density at radius 2 is 1.09 bits per heavy atom. The van der Waals surface area contributed by atoms with Crippen molar-refractivity contribution in [2.75, 3.05) is 0 Å². The predicted octanol–water partition coefficient (Wildman–Crippen LogP) is 12.4. The van der Waals surface area contributed by atoms with Gasteiger partial charge in [-0.1, -0.05) is 152 Å². The molecule has 11 rings (SSSR count). The minimum Gasteiger partial charge on any atom is -0.456 e. The maximum Gasteiger partial charge on any atom is 0.136 e. The van der Waals surface area contributed by atoms with Crippen LogP contribution in [0.5, 0.6) is 0 Å². The van der Waals surface area contributed by atoms with E-state index in [9.17, 15) is 0 Å². The highest BCUT2D eigenvalue weighted by atomic mass is 16.3. The summed E-state index contributed by atoms with van der Waals surface area (Å²) in [4.78, 5) is 5.32.